The zero-order valence-corrected chi connectivity index (χ0v) is 75.6. The molecule has 6 heterocycles. The van der Waals surface area contributed by atoms with Gasteiger partial charge in [-0.2, -0.15) is 0 Å². The van der Waals surface area contributed by atoms with Crippen molar-refractivity contribution >= 4 is 43.7 Å². The molecule has 0 N–H and O–H groups in total. The number of allylic oxidation sites excluding steroid dienone is 4. The Morgan fingerprint density at radius 2 is 0.619 bits per heavy atom. The summed E-state index contributed by atoms with van der Waals surface area (Å²) in [6.07, 6.45) is 15.9. The number of rotatable bonds is 16. The van der Waals surface area contributed by atoms with E-state index in [4.69, 9.17) is 19.2 Å². The van der Waals surface area contributed by atoms with E-state index in [0.29, 0.717) is 0 Å². The van der Waals surface area contributed by atoms with Gasteiger partial charge in [0.15, 0.2) is 0 Å². The summed E-state index contributed by atoms with van der Waals surface area (Å²) in [5.41, 5.74) is 34.8. The Kier molecular flexibility index (Phi) is 29.3. The van der Waals surface area contributed by atoms with Gasteiger partial charge in [0.05, 0.1) is 60.8 Å². The monoisotopic (exact) mass is 1730 g/mol. The van der Waals surface area contributed by atoms with E-state index in [9.17, 15) is 0 Å². The summed E-state index contributed by atoms with van der Waals surface area (Å²) in [6.45, 7) is 4.26. The van der Waals surface area contributed by atoms with Crippen LogP contribution in [-0.4, -0.2) is 51.2 Å². The van der Waals surface area contributed by atoms with Crippen molar-refractivity contribution in [1.29, 1.82) is 0 Å². The summed E-state index contributed by atoms with van der Waals surface area (Å²) in [5, 5.41) is 4.84. The van der Waals surface area contributed by atoms with E-state index >= 15 is 0 Å². The lowest BCUT2D eigenvalue weighted by Crippen LogP contribution is -1.97. The summed E-state index contributed by atoms with van der Waals surface area (Å²) in [5.74, 6) is 2.55. The van der Waals surface area contributed by atoms with Crippen molar-refractivity contribution in [3.05, 3.63) is 514 Å². The fraction of sp³-hybridized carbons (Fsp3) is 0.0560. The molecule has 6 aromatic heterocycles. The maximum absolute atomic E-state index is 5.31. The Labute approximate surface area is 785 Å². The average molecular weight is 1730 g/mol. The molecule has 648 valence electrons. The molecule has 21 aromatic rings. The molecule has 0 saturated heterocycles. The molecule has 9 nitrogen and oxygen atoms in total. The molecule has 0 aliphatic heterocycles. The van der Waals surface area contributed by atoms with Gasteiger partial charge in [-0.1, -0.05) is 364 Å². The van der Waals surface area contributed by atoms with Crippen LogP contribution in [0.2, 0.25) is 0 Å². The minimum atomic E-state index is 0.842. The molecule has 15 aromatic carbocycles. The number of hydrogen-bond acceptors (Lipinski definition) is 9. The lowest BCUT2D eigenvalue weighted by molar-refractivity contribution is 0.415. The number of methoxy groups -OCH3 is 3. The van der Waals surface area contributed by atoms with Crippen LogP contribution in [0.1, 0.15) is 35.2 Å². The molecule has 0 atom stereocenters. The average Bonchev–Trinajstić information content (AvgIpc) is 0.775. The molecule has 1 aliphatic rings. The quantitative estimate of drug-likeness (QED) is 0.0875. The van der Waals surface area contributed by atoms with Gasteiger partial charge < -0.3 is 14.2 Å². The second-order valence-electron chi connectivity index (χ2n) is 32.2. The molecule has 0 amide bonds. The molecule has 0 unspecified atom stereocenters. The summed E-state index contributed by atoms with van der Waals surface area (Å²) < 4.78 is 15.8. The van der Waals surface area contributed by atoms with Gasteiger partial charge >= 0.3 is 0 Å². The number of benzene rings is 15. The number of aryl methyl sites for hydroxylation is 2. The Morgan fingerprint density at radius 1 is 0.246 bits per heavy atom. The third kappa shape index (κ3) is 21.6. The molecular formula is C125H100N6O3. The van der Waals surface area contributed by atoms with Gasteiger partial charge in [0, 0.05) is 69.4 Å². The van der Waals surface area contributed by atoms with Gasteiger partial charge in [-0.25, -0.2) is 4.98 Å². The number of para-hydroxylation sites is 1. The van der Waals surface area contributed by atoms with Crippen molar-refractivity contribution in [2.75, 3.05) is 21.3 Å². The standard InChI is InChI=1S/C25H21NO2.C24H19N.C21H17N.C19H13N.C18H15NO.C18H15N/c1-27-20-13-9-18(10-14-20)22-6-5-7-23(19-11-15-21(28-2)16-12-19)25(22)24-8-3-4-17-26-24;1-18-16-21(19-10-4-2-5-11-19)24(23-14-8-9-15-25-23)22(17-18)20-12-6-3-7-13-20;1-2-8-16(9-3-1)18-11-5-6-12-19(18)21-15-14-17-10-4-7-13-20(17)22-21;1-2-6-14(7-3-1)17-10-4-8-15-11-12-16-9-5-13-20-19(16)18(15)17;1-20-15-11-9-14(10-12-15)16-6-2-3-7-17(16)18-8-4-5-13-19-18;1-14-8-7-13-19-18(14)17-12-6-5-11-16(17)15-9-3-2-4-10-15/h3-17H,1-2H3;2-17H,1H3;1-5,7-11,13-15H,6,12H2;1-13H;2-13H,1H3;2-13H,1H3. The molecule has 0 bridgehead atoms. The van der Waals surface area contributed by atoms with Crippen molar-refractivity contribution in [3.63, 3.8) is 0 Å². The van der Waals surface area contributed by atoms with Crippen molar-refractivity contribution in [1.82, 2.24) is 29.9 Å². The topological polar surface area (TPSA) is 105 Å². The predicted octanol–water partition coefficient (Wildman–Crippen LogP) is 32.2. The van der Waals surface area contributed by atoms with Crippen LogP contribution in [0.3, 0.4) is 0 Å². The first-order valence-corrected chi connectivity index (χ1v) is 45.1. The zero-order chi connectivity index (χ0) is 91.4. The summed E-state index contributed by atoms with van der Waals surface area (Å²) in [4.78, 5) is 27.7. The molecule has 22 rings (SSSR count). The van der Waals surface area contributed by atoms with Gasteiger partial charge in [-0.15, -0.1) is 0 Å². The highest BCUT2D eigenvalue weighted by atomic mass is 16.5. The maximum atomic E-state index is 5.31. The summed E-state index contributed by atoms with van der Waals surface area (Å²) in [6, 6.07) is 154. The van der Waals surface area contributed by atoms with Crippen molar-refractivity contribution in [2.24, 2.45) is 0 Å². The first-order chi connectivity index (χ1) is 66.2. The molecule has 9 heteroatoms. The molecule has 0 spiro atoms. The van der Waals surface area contributed by atoms with E-state index in [1.54, 1.807) is 21.3 Å². The van der Waals surface area contributed by atoms with Crippen LogP contribution in [0, 0.1) is 13.8 Å². The lowest BCUT2D eigenvalue weighted by Gasteiger charge is -2.17. The fourth-order valence-corrected chi connectivity index (χ4v) is 17.0. The second-order valence-corrected chi connectivity index (χ2v) is 32.2. The number of hydrogen-bond donors (Lipinski definition) is 0. The molecule has 1 aliphatic carbocycles. The van der Waals surface area contributed by atoms with Crippen LogP contribution in [-0.2, 0) is 0 Å². The third-order valence-corrected chi connectivity index (χ3v) is 23.6. The minimum absolute atomic E-state index is 0.842. The Hall–Kier alpha value is -17.1. The number of ether oxygens (including phenoxy) is 3. The largest absolute Gasteiger partial charge is 0.497 e. The fourth-order valence-electron chi connectivity index (χ4n) is 17.0. The van der Waals surface area contributed by atoms with Crippen LogP contribution in [0.15, 0.2) is 492 Å². The first-order valence-electron chi connectivity index (χ1n) is 45.1. The normalized spacial score (nSPS) is 11.2. The Bertz CT molecular complexity index is 7370. The van der Waals surface area contributed by atoms with Crippen molar-refractivity contribution in [2.45, 2.75) is 26.7 Å². The van der Waals surface area contributed by atoms with Gasteiger partial charge in [-0.3, -0.25) is 24.9 Å². The van der Waals surface area contributed by atoms with Gasteiger partial charge in [-0.05, 0) is 235 Å². The highest BCUT2D eigenvalue weighted by Gasteiger charge is 2.21. The highest BCUT2D eigenvalue weighted by molar-refractivity contribution is 6.12. The van der Waals surface area contributed by atoms with Gasteiger partial charge in [0.2, 0.25) is 0 Å². The Balaban J connectivity index is 0.000000112. The minimum Gasteiger partial charge on any atom is -0.497 e. The summed E-state index contributed by atoms with van der Waals surface area (Å²) in [7, 11) is 5.04. The maximum Gasteiger partial charge on any atom is 0.118 e. The number of aromatic nitrogens is 6. The van der Waals surface area contributed by atoms with Crippen LogP contribution in [0.4, 0.5) is 0 Å². The van der Waals surface area contributed by atoms with E-state index in [1.165, 1.54) is 111 Å². The highest BCUT2D eigenvalue weighted by Crippen LogP contribution is 2.44. The molecule has 134 heavy (non-hydrogen) atoms. The second kappa shape index (κ2) is 44.2. The van der Waals surface area contributed by atoms with E-state index in [1.807, 2.05) is 152 Å². The van der Waals surface area contributed by atoms with Crippen LogP contribution in [0.25, 0.3) is 167 Å². The van der Waals surface area contributed by atoms with E-state index in [0.717, 1.165) is 109 Å². The molecule has 0 fully saturated rings. The third-order valence-electron chi connectivity index (χ3n) is 23.6. The van der Waals surface area contributed by atoms with Crippen LogP contribution >= 0.6 is 0 Å². The number of nitrogens with zero attached hydrogens (tertiary/aromatic N) is 6. The van der Waals surface area contributed by atoms with Crippen LogP contribution in [0.5, 0.6) is 17.2 Å². The zero-order valence-electron chi connectivity index (χ0n) is 75.6. The SMILES string of the molecule is C1=CC(c2ccccc2)=C(c2ccc3ccccc3n2)CC1.COc1ccc(-c2cccc(-c3ccc(OC)cc3)c2-c2ccccn2)cc1.COc1ccc(-c2ccccc2-c2ccccn2)cc1.Cc1cc(-c2ccccc2)c(-c2ccccn2)c(-c2ccccc2)c1.Cc1cccnc1-c1ccccc1-c1ccccc1.c1ccc(-c2cccc3ccc4cccnc4c23)cc1. The predicted molar refractivity (Wildman–Crippen MR) is 558 cm³/mol. The number of pyridine rings is 6. The van der Waals surface area contributed by atoms with E-state index in [-0.39, 0.29) is 0 Å². The van der Waals surface area contributed by atoms with Gasteiger partial charge in [0.25, 0.3) is 0 Å². The lowest BCUT2D eigenvalue weighted by atomic mass is 9.88. The Morgan fingerprint density at radius 3 is 1.14 bits per heavy atom. The molecule has 0 saturated carbocycles. The van der Waals surface area contributed by atoms with E-state index < -0.39 is 0 Å². The van der Waals surface area contributed by atoms with Crippen LogP contribution < -0.4 is 14.2 Å². The first kappa shape index (κ1) is 88.9. The molecule has 0 radical (unpaired) electrons. The number of fused-ring (bicyclic) bond motifs is 4. The smallest absolute Gasteiger partial charge is 0.118 e. The van der Waals surface area contributed by atoms with Gasteiger partial charge in [0.1, 0.15) is 17.2 Å². The van der Waals surface area contributed by atoms with Crippen molar-refractivity contribution < 1.29 is 14.2 Å². The molecular weight excluding hydrogens is 1630 g/mol. The van der Waals surface area contributed by atoms with Crippen molar-refractivity contribution in [3.8, 4) is 140 Å². The summed E-state index contributed by atoms with van der Waals surface area (Å²) >= 11 is 0. The van der Waals surface area contributed by atoms with E-state index in [2.05, 4.69) is 379 Å².